The van der Waals surface area contributed by atoms with Gasteiger partial charge in [0.2, 0.25) is 0 Å². The Hall–Kier alpha value is -0.930. The molecule has 0 bridgehead atoms. The van der Waals surface area contributed by atoms with Gasteiger partial charge >= 0.3 is 0 Å². The monoisotopic (exact) mass is 238 g/mol. The van der Waals surface area contributed by atoms with Crippen LogP contribution in [0.3, 0.4) is 0 Å². The molecule has 0 fully saturated rings. The van der Waals surface area contributed by atoms with E-state index in [1.54, 1.807) is 0 Å². The van der Waals surface area contributed by atoms with E-state index < -0.39 is 0 Å². The highest BCUT2D eigenvalue weighted by molar-refractivity contribution is 5.19. The number of benzene rings is 1. The molecule has 2 N–H and O–H groups in total. The molecule has 0 heterocycles. The van der Waals surface area contributed by atoms with Gasteiger partial charge in [0.15, 0.2) is 0 Å². The molecule has 0 spiro atoms. The Bertz CT molecular complexity index is 333. The highest BCUT2D eigenvalue weighted by Gasteiger charge is 2.28. The lowest BCUT2D eigenvalue weighted by atomic mass is 9.91. The second kappa shape index (κ2) is 6.12. The lowest BCUT2D eigenvalue weighted by Gasteiger charge is -2.39. The first-order valence-electron chi connectivity index (χ1n) is 6.25. The summed E-state index contributed by atoms with van der Waals surface area (Å²) in [5.74, 6) is -0.189. The fourth-order valence-electron chi connectivity index (χ4n) is 2.34. The molecule has 2 nitrogen and oxygen atoms in total. The Balaban J connectivity index is 2.84. The van der Waals surface area contributed by atoms with Crippen molar-refractivity contribution in [2.75, 3.05) is 19.6 Å². The molecule has 1 aromatic rings. The van der Waals surface area contributed by atoms with Crippen molar-refractivity contribution in [1.82, 2.24) is 4.90 Å². The van der Waals surface area contributed by atoms with Crippen LogP contribution in [0.5, 0.6) is 0 Å². The molecule has 0 aliphatic rings. The second-order valence-electron chi connectivity index (χ2n) is 4.68. The third-order valence-corrected chi connectivity index (χ3v) is 3.46. The quantitative estimate of drug-likeness (QED) is 0.824. The normalized spacial score (nSPS) is 14.9. The number of hydrogen-bond acceptors (Lipinski definition) is 2. The first-order valence-corrected chi connectivity index (χ1v) is 6.25. The number of nitrogens with zero attached hydrogens (tertiary/aromatic N) is 1. The molecule has 1 unspecified atom stereocenters. The standard InChI is InChI=1S/C14H23FN2/c1-4-17(5-2)14(3,11-16)10-12-6-8-13(15)9-7-12/h6-9H,4-5,10-11,16H2,1-3H3. The Morgan fingerprint density at radius 3 is 2.12 bits per heavy atom. The van der Waals surface area contributed by atoms with Crippen molar-refractivity contribution in [1.29, 1.82) is 0 Å². The molecular formula is C14H23FN2. The van der Waals surface area contributed by atoms with E-state index in [-0.39, 0.29) is 11.4 Å². The molecule has 0 aliphatic carbocycles. The number of nitrogens with two attached hydrogens (primary N) is 1. The highest BCUT2D eigenvalue weighted by Crippen LogP contribution is 2.20. The summed E-state index contributed by atoms with van der Waals surface area (Å²) in [4.78, 5) is 2.36. The smallest absolute Gasteiger partial charge is 0.123 e. The highest BCUT2D eigenvalue weighted by atomic mass is 19.1. The van der Waals surface area contributed by atoms with Crippen molar-refractivity contribution in [2.24, 2.45) is 5.73 Å². The van der Waals surface area contributed by atoms with Crippen LogP contribution >= 0.6 is 0 Å². The van der Waals surface area contributed by atoms with Gasteiger partial charge in [-0.2, -0.15) is 0 Å². The molecule has 0 saturated heterocycles. The summed E-state index contributed by atoms with van der Waals surface area (Å²) in [7, 11) is 0. The van der Waals surface area contributed by atoms with E-state index in [0.717, 1.165) is 25.1 Å². The van der Waals surface area contributed by atoms with Gasteiger partial charge in [-0.1, -0.05) is 26.0 Å². The minimum absolute atomic E-state index is 0.0542. The molecule has 1 atom stereocenters. The summed E-state index contributed by atoms with van der Waals surface area (Å²) in [5.41, 5.74) is 7.00. The van der Waals surface area contributed by atoms with Crippen molar-refractivity contribution in [2.45, 2.75) is 32.7 Å². The van der Waals surface area contributed by atoms with Gasteiger partial charge in [-0.25, -0.2) is 4.39 Å². The van der Waals surface area contributed by atoms with Crippen LogP contribution in [0.4, 0.5) is 4.39 Å². The Kier molecular flexibility index (Phi) is 5.09. The van der Waals surface area contributed by atoms with Gasteiger partial charge in [0.1, 0.15) is 5.82 Å². The molecule has 3 heteroatoms. The zero-order valence-corrected chi connectivity index (χ0v) is 11.0. The van der Waals surface area contributed by atoms with Gasteiger partial charge in [-0.15, -0.1) is 0 Å². The summed E-state index contributed by atoms with van der Waals surface area (Å²) in [5, 5.41) is 0. The molecule has 96 valence electrons. The van der Waals surface area contributed by atoms with Gasteiger partial charge < -0.3 is 5.73 Å². The average molecular weight is 238 g/mol. The van der Waals surface area contributed by atoms with Crippen LogP contribution in [0.2, 0.25) is 0 Å². The fraction of sp³-hybridized carbons (Fsp3) is 0.571. The number of rotatable bonds is 6. The van der Waals surface area contributed by atoms with Gasteiger partial charge in [0.05, 0.1) is 0 Å². The van der Waals surface area contributed by atoms with Crippen molar-refractivity contribution >= 4 is 0 Å². The molecule has 0 aliphatic heterocycles. The fourth-order valence-corrected chi connectivity index (χ4v) is 2.34. The van der Waals surface area contributed by atoms with Crippen molar-refractivity contribution < 1.29 is 4.39 Å². The maximum atomic E-state index is 12.9. The number of halogens is 1. The van der Waals surface area contributed by atoms with Gasteiger partial charge in [0.25, 0.3) is 0 Å². The minimum Gasteiger partial charge on any atom is -0.329 e. The SMILES string of the molecule is CCN(CC)C(C)(CN)Cc1ccc(F)cc1. The van der Waals surface area contributed by atoms with Crippen LogP contribution in [0.25, 0.3) is 0 Å². The predicted molar refractivity (Wildman–Crippen MR) is 70.5 cm³/mol. The summed E-state index contributed by atoms with van der Waals surface area (Å²) in [6.45, 7) is 9.01. The first-order chi connectivity index (χ1) is 8.05. The largest absolute Gasteiger partial charge is 0.329 e. The Morgan fingerprint density at radius 1 is 1.18 bits per heavy atom. The number of hydrogen-bond donors (Lipinski definition) is 1. The van der Waals surface area contributed by atoms with Crippen LogP contribution in [-0.2, 0) is 6.42 Å². The Labute approximate surface area is 104 Å². The molecular weight excluding hydrogens is 215 g/mol. The van der Waals surface area contributed by atoms with E-state index in [1.807, 2.05) is 12.1 Å². The van der Waals surface area contributed by atoms with Gasteiger partial charge in [0, 0.05) is 12.1 Å². The van der Waals surface area contributed by atoms with Gasteiger partial charge in [-0.3, -0.25) is 4.90 Å². The molecule has 0 saturated carbocycles. The minimum atomic E-state index is -0.189. The van der Waals surface area contributed by atoms with E-state index in [2.05, 4.69) is 25.7 Å². The van der Waals surface area contributed by atoms with E-state index >= 15 is 0 Å². The summed E-state index contributed by atoms with van der Waals surface area (Å²) < 4.78 is 12.9. The predicted octanol–water partition coefficient (Wildman–Crippen LogP) is 2.43. The molecule has 1 aromatic carbocycles. The Morgan fingerprint density at radius 2 is 1.71 bits per heavy atom. The third kappa shape index (κ3) is 3.51. The van der Waals surface area contributed by atoms with E-state index in [0.29, 0.717) is 6.54 Å². The molecule has 1 rings (SSSR count). The molecule has 0 radical (unpaired) electrons. The summed E-state index contributed by atoms with van der Waals surface area (Å²) in [6, 6.07) is 6.70. The maximum Gasteiger partial charge on any atom is 0.123 e. The topological polar surface area (TPSA) is 29.3 Å². The van der Waals surface area contributed by atoms with Crippen molar-refractivity contribution in [3.8, 4) is 0 Å². The molecule has 0 amide bonds. The lowest BCUT2D eigenvalue weighted by molar-refractivity contribution is 0.124. The van der Waals surface area contributed by atoms with Crippen LogP contribution in [0, 0.1) is 5.82 Å². The van der Waals surface area contributed by atoms with Crippen LogP contribution < -0.4 is 5.73 Å². The van der Waals surface area contributed by atoms with Crippen molar-refractivity contribution in [3.05, 3.63) is 35.6 Å². The van der Waals surface area contributed by atoms with Crippen LogP contribution in [0.1, 0.15) is 26.3 Å². The van der Waals surface area contributed by atoms with Gasteiger partial charge in [-0.05, 0) is 44.1 Å². The van der Waals surface area contributed by atoms with Crippen LogP contribution in [0.15, 0.2) is 24.3 Å². The average Bonchev–Trinajstić information content (AvgIpc) is 2.33. The summed E-state index contributed by atoms with van der Waals surface area (Å²) >= 11 is 0. The lowest BCUT2D eigenvalue weighted by Crippen LogP contribution is -2.53. The maximum absolute atomic E-state index is 12.9. The van der Waals surface area contributed by atoms with Crippen LogP contribution in [-0.4, -0.2) is 30.1 Å². The molecule has 17 heavy (non-hydrogen) atoms. The molecule has 0 aromatic heterocycles. The third-order valence-electron chi connectivity index (χ3n) is 3.46. The zero-order chi connectivity index (χ0) is 12.9. The zero-order valence-electron chi connectivity index (χ0n) is 11.0. The first kappa shape index (κ1) is 14.1. The second-order valence-corrected chi connectivity index (χ2v) is 4.68. The van der Waals surface area contributed by atoms with E-state index in [4.69, 9.17) is 5.73 Å². The number of likely N-dealkylation sites (N-methyl/N-ethyl adjacent to an activating group) is 1. The van der Waals surface area contributed by atoms with Crippen molar-refractivity contribution in [3.63, 3.8) is 0 Å². The summed E-state index contributed by atoms with van der Waals surface area (Å²) in [6.07, 6.45) is 0.853. The van der Waals surface area contributed by atoms with E-state index in [1.165, 1.54) is 12.1 Å². The van der Waals surface area contributed by atoms with E-state index in [9.17, 15) is 4.39 Å².